The molecule has 0 amide bonds. The lowest BCUT2D eigenvalue weighted by atomic mass is 10.5. The van der Waals surface area contributed by atoms with Gasteiger partial charge in [-0.1, -0.05) is 99.2 Å². The summed E-state index contributed by atoms with van der Waals surface area (Å²) < 4.78 is 4.78. The summed E-state index contributed by atoms with van der Waals surface area (Å²) in [5.41, 5.74) is 3.90. The molecule has 0 aliphatic carbocycles. The molecular weight excluding hydrogens is 596 g/mol. The Morgan fingerprint density at radius 3 is 0.906 bits per heavy atom. The van der Waals surface area contributed by atoms with Gasteiger partial charge in [-0.05, 0) is 41.1 Å². The highest BCUT2D eigenvalue weighted by Gasteiger charge is 2.38. The van der Waals surface area contributed by atoms with E-state index in [0.29, 0.717) is 33.2 Å². The number of rotatable bonds is 9. The fourth-order valence-electron chi connectivity index (χ4n) is 6.74. The van der Waals surface area contributed by atoms with Gasteiger partial charge in [0.2, 0.25) is 0 Å². The topological polar surface area (TPSA) is 25.8 Å². The van der Waals surface area contributed by atoms with Gasteiger partial charge in [-0.25, -0.2) is 0 Å². The van der Waals surface area contributed by atoms with E-state index in [-0.39, 0.29) is 0 Å². The smallest absolute Gasteiger partial charge is 0.122 e. The van der Waals surface area contributed by atoms with Crippen molar-refractivity contribution in [2.45, 2.75) is 116 Å². The van der Waals surface area contributed by atoms with E-state index in [1.165, 1.54) is 19.0 Å². The zero-order valence-corrected chi connectivity index (χ0v) is 28.7. The third-order valence-electron chi connectivity index (χ3n) is 7.85. The average Bonchev–Trinajstić information content (AvgIpc) is 3.17. The Labute approximate surface area is 223 Å². The number of nitrogens with zero attached hydrogens (tertiary/aromatic N) is 2. The highest BCUT2D eigenvalue weighted by Crippen LogP contribution is 2.47. The van der Waals surface area contributed by atoms with Gasteiger partial charge >= 0.3 is 0 Å². The van der Waals surface area contributed by atoms with Gasteiger partial charge in [0.15, 0.2) is 0 Å². The molecule has 0 aliphatic heterocycles. The molecule has 0 spiro atoms. The van der Waals surface area contributed by atoms with Gasteiger partial charge in [0.25, 0.3) is 0 Å². The van der Waals surface area contributed by atoms with Crippen LogP contribution in [0, 0.1) is 0 Å². The van der Waals surface area contributed by atoms with Crippen LogP contribution < -0.4 is 9.26 Å². The molecule has 0 saturated heterocycles. The molecule has 0 aromatic carbocycles. The van der Waals surface area contributed by atoms with Crippen LogP contribution in [0.5, 0.6) is 0 Å². The van der Waals surface area contributed by atoms with Crippen LogP contribution in [0.15, 0.2) is 9.21 Å². The van der Waals surface area contributed by atoms with Crippen molar-refractivity contribution in [3.8, 4) is 9.75 Å². The van der Waals surface area contributed by atoms with Gasteiger partial charge in [-0.15, -0.1) is 33.2 Å². The summed E-state index contributed by atoms with van der Waals surface area (Å²) in [6.07, 6.45) is 0. The molecule has 8 heteroatoms. The standard InChI is InChI=1S/C24H42Br2N2S2Si2/c1-13(2)31(14(3)4,15(5)6)23-27-21(25)19(29-23)20-22(26)28-24(30-20)32(16(7)8,17(9)10)18(11)12/h13-18H,1-12H3/q-2. The summed E-state index contributed by atoms with van der Waals surface area (Å²) in [7, 11) is -3.59. The third-order valence-corrected chi connectivity index (χ3v) is 27.3. The first-order valence-corrected chi connectivity index (χ1v) is 19.7. The summed E-state index contributed by atoms with van der Waals surface area (Å²) >= 11 is 11.6. The van der Waals surface area contributed by atoms with Crippen LogP contribution in [-0.2, 0) is 0 Å². The Morgan fingerprint density at radius 2 is 0.719 bits per heavy atom. The van der Waals surface area contributed by atoms with Crippen LogP contribution in [0.2, 0.25) is 33.2 Å². The molecule has 0 saturated carbocycles. The van der Waals surface area contributed by atoms with Gasteiger partial charge in [0, 0.05) is 0 Å². The van der Waals surface area contributed by atoms with Crippen LogP contribution in [-0.4, -0.2) is 26.1 Å². The van der Waals surface area contributed by atoms with E-state index in [0.717, 1.165) is 9.21 Å². The maximum atomic E-state index is 5.21. The maximum absolute atomic E-state index is 5.21. The second-order valence-corrected chi connectivity index (χ2v) is 26.9. The quantitative estimate of drug-likeness (QED) is 0.256. The summed E-state index contributed by atoms with van der Waals surface area (Å²) in [4.78, 5) is 12.9. The zero-order valence-electron chi connectivity index (χ0n) is 21.9. The summed E-state index contributed by atoms with van der Waals surface area (Å²) in [5.74, 6) is 0. The van der Waals surface area contributed by atoms with E-state index in [1.807, 2.05) is 22.7 Å². The van der Waals surface area contributed by atoms with Crippen molar-refractivity contribution in [1.29, 1.82) is 0 Å². The predicted octanol–water partition coefficient (Wildman–Crippen LogP) is 9.56. The van der Waals surface area contributed by atoms with Crippen molar-refractivity contribution in [2.75, 3.05) is 0 Å². The maximum Gasteiger partial charge on any atom is 0.122 e. The highest BCUT2D eigenvalue weighted by molar-refractivity contribution is 9.11. The fraction of sp³-hybridized carbons (Fsp3) is 0.750. The Morgan fingerprint density at radius 1 is 0.500 bits per heavy atom. The third kappa shape index (κ3) is 4.59. The minimum atomic E-state index is -1.79. The summed E-state index contributed by atoms with van der Waals surface area (Å²) in [6.45, 7) is 28.9. The molecule has 2 aromatic rings. The van der Waals surface area contributed by atoms with Crippen LogP contribution >= 0.6 is 54.5 Å². The molecule has 2 heterocycles. The molecule has 32 heavy (non-hydrogen) atoms. The van der Waals surface area contributed by atoms with E-state index in [9.17, 15) is 0 Å². The van der Waals surface area contributed by atoms with Gasteiger partial charge in [-0.3, -0.25) is 9.97 Å². The first-order chi connectivity index (χ1) is 14.7. The fourth-order valence-corrected chi connectivity index (χ4v) is 28.2. The largest absolute Gasteiger partial charge is 0.272 e. The molecule has 0 fully saturated rings. The van der Waals surface area contributed by atoms with Crippen molar-refractivity contribution >= 4 is 79.9 Å². The summed E-state index contributed by atoms with van der Waals surface area (Å²) in [5, 5.41) is 0. The van der Waals surface area contributed by atoms with E-state index in [2.05, 4.69) is 115 Å². The van der Waals surface area contributed by atoms with Crippen molar-refractivity contribution in [3.63, 3.8) is 0 Å². The van der Waals surface area contributed by atoms with Crippen LogP contribution in [0.4, 0.5) is 0 Å². The van der Waals surface area contributed by atoms with E-state index < -0.39 is 16.1 Å². The first-order valence-electron chi connectivity index (χ1n) is 12.0. The molecule has 2 rings (SSSR count). The number of hydrogen-bond acceptors (Lipinski definition) is 4. The van der Waals surface area contributed by atoms with Crippen LogP contribution in [0.3, 0.4) is 0 Å². The first kappa shape index (κ1) is 28.9. The van der Waals surface area contributed by atoms with Gasteiger partial charge in [-0.2, -0.15) is 22.7 Å². The SMILES string of the molecule is CC(C)[Si-](c1nc(Br)c(-c2sc([Si-](C(C)C)(C(C)C)C(C)C)nc2Br)s1)(C(C)C)C(C)C. The van der Waals surface area contributed by atoms with Gasteiger partial charge in [0.05, 0.1) is 9.75 Å². The minimum Gasteiger partial charge on any atom is -0.272 e. The van der Waals surface area contributed by atoms with Crippen molar-refractivity contribution in [3.05, 3.63) is 9.21 Å². The monoisotopic (exact) mass is 636 g/mol. The average molecular weight is 639 g/mol. The molecule has 2 nitrogen and oxygen atoms in total. The van der Waals surface area contributed by atoms with Crippen molar-refractivity contribution in [1.82, 2.24) is 9.97 Å². The molecule has 0 atom stereocenters. The van der Waals surface area contributed by atoms with Crippen molar-refractivity contribution < 1.29 is 0 Å². The van der Waals surface area contributed by atoms with Crippen LogP contribution in [0.25, 0.3) is 9.75 Å². The Balaban J connectivity index is 2.73. The molecule has 0 radical (unpaired) electrons. The number of hydrogen-bond donors (Lipinski definition) is 0. The Bertz CT molecular complexity index is 799. The van der Waals surface area contributed by atoms with Crippen LogP contribution in [0.1, 0.15) is 83.1 Å². The molecular formula is C24H42Br2N2S2Si2-2. The number of halogens is 2. The summed E-state index contributed by atoms with van der Waals surface area (Å²) in [6, 6.07) is 0. The number of thiazole rings is 2. The molecule has 2 aromatic heterocycles. The number of aromatic nitrogens is 2. The lowest BCUT2D eigenvalue weighted by Gasteiger charge is -2.53. The Kier molecular flexibility index (Phi) is 9.69. The Hall–Kier alpha value is 0.654. The van der Waals surface area contributed by atoms with Gasteiger partial charge < -0.3 is 0 Å². The van der Waals surface area contributed by atoms with E-state index in [4.69, 9.17) is 9.97 Å². The second kappa shape index (κ2) is 10.7. The minimum absolute atomic E-state index is 0.650. The lowest BCUT2D eigenvalue weighted by Crippen LogP contribution is -2.55. The van der Waals surface area contributed by atoms with E-state index in [1.54, 1.807) is 0 Å². The molecule has 0 N–H and O–H groups in total. The normalized spacial score (nSPS) is 13.8. The zero-order chi connectivity index (χ0) is 24.8. The van der Waals surface area contributed by atoms with E-state index >= 15 is 0 Å². The second-order valence-electron chi connectivity index (χ2n) is 11.1. The van der Waals surface area contributed by atoms with Gasteiger partial charge in [0.1, 0.15) is 9.21 Å². The molecule has 184 valence electrons. The molecule has 0 unspecified atom stereocenters. The predicted molar refractivity (Wildman–Crippen MR) is 160 cm³/mol. The van der Waals surface area contributed by atoms with Crippen molar-refractivity contribution in [2.24, 2.45) is 0 Å². The molecule has 0 bridgehead atoms. The lowest BCUT2D eigenvalue weighted by molar-refractivity contribution is 0.833. The highest BCUT2D eigenvalue weighted by atomic mass is 79.9. The molecule has 0 aliphatic rings.